The zero-order valence-corrected chi connectivity index (χ0v) is 17.4. The summed E-state index contributed by atoms with van der Waals surface area (Å²) in [6.07, 6.45) is 2.34. The number of nitrogens with zero attached hydrogens (tertiary/aromatic N) is 2. The molecule has 4 rings (SSSR count). The number of nitrogens with two attached hydrogens (primary N) is 1. The Morgan fingerprint density at radius 3 is 2.60 bits per heavy atom. The van der Waals surface area contributed by atoms with E-state index < -0.39 is 22.1 Å². The highest BCUT2D eigenvalue weighted by Gasteiger charge is 2.59. The fourth-order valence-electron chi connectivity index (χ4n) is 3.71. The zero-order valence-electron chi connectivity index (χ0n) is 16.6. The van der Waals surface area contributed by atoms with Crippen LogP contribution in [0.25, 0.3) is 0 Å². The number of thioether (sulfide) groups is 1. The van der Waals surface area contributed by atoms with Crippen molar-refractivity contribution in [2.75, 3.05) is 13.7 Å². The van der Waals surface area contributed by atoms with Crippen LogP contribution >= 0.6 is 11.8 Å². The summed E-state index contributed by atoms with van der Waals surface area (Å²) in [5, 5.41) is 6.21. The molecule has 1 aliphatic heterocycles. The van der Waals surface area contributed by atoms with Crippen LogP contribution in [0.15, 0.2) is 53.6 Å². The first-order valence-corrected chi connectivity index (χ1v) is 10.7. The van der Waals surface area contributed by atoms with E-state index in [0.717, 1.165) is 23.8 Å². The van der Waals surface area contributed by atoms with Crippen LogP contribution in [0.5, 0.6) is 0 Å². The summed E-state index contributed by atoms with van der Waals surface area (Å²) < 4.78 is 34.0. The van der Waals surface area contributed by atoms with E-state index in [0.29, 0.717) is 32.2 Å². The first-order valence-electron chi connectivity index (χ1n) is 9.84. The molecule has 1 heterocycles. The molecule has 2 aliphatic rings. The third-order valence-corrected chi connectivity index (χ3v) is 7.02. The van der Waals surface area contributed by atoms with Crippen LogP contribution in [0.4, 0.5) is 8.78 Å². The van der Waals surface area contributed by atoms with Gasteiger partial charge >= 0.3 is 0 Å². The van der Waals surface area contributed by atoms with Gasteiger partial charge in [-0.05, 0) is 56.0 Å². The minimum absolute atomic E-state index is 0.0330. The van der Waals surface area contributed by atoms with Crippen molar-refractivity contribution in [3.05, 3.63) is 71.3 Å². The molecule has 2 aromatic rings. The van der Waals surface area contributed by atoms with E-state index in [4.69, 9.17) is 10.5 Å². The van der Waals surface area contributed by atoms with Gasteiger partial charge in [-0.2, -0.15) is 5.10 Å². The Labute approximate surface area is 178 Å². The SMILES string of the molecule is COC1(C(=O)N2N=C(c3cc(F)ccc3F)SC2(CCCN)c2ccccc2)CC1. The monoisotopic (exact) mass is 431 g/mol. The molecule has 30 heavy (non-hydrogen) atoms. The average molecular weight is 432 g/mol. The second-order valence-corrected chi connectivity index (χ2v) is 8.76. The lowest BCUT2D eigenvalue weighted by Crippen LogP contribution is -2.47. The van der Waals surface area contributed by atoms with Crippen molar-refractivity contribution in [2.24, 2.45) is 10.8 Å². The highest BCUT2D eigenvalue weighted by Crippen LogP contribution is 2.53. The number of methoxy groups -OCH3 is 1. The molecule has 5 nitrogen and oxygen atoms in total. The molecule has 2 aromatic carbocycles. The average Bonchev–Trinajstić information content (AvgIpc) is 3.48. The van der Waals surface area contributed by atoms with Crippen LogP contribution < -0.4 is 5.73 Å². The van der Waals surface area contributed by atoms with E-state index in [2.05, 4.69) is 5.10 Å². The van der Waals surface area contributed by atoms with Gasteiger partial charge in [-0.25, -0.2) is 13.8 Å². The van der Waals surface area contributed by atoms with Gasteiger partial charge in [0.25, 0.3) is 5.91 Å². The fourth-order valence-corrected chi connectivity index (χ4v) is 5.13. The van der Waals surface area contributed by atoms with E-state index in [9.17, 15) is 13.6 Å². The van der Waals surface area contributed by atoms with Gasteiger partial charge in [0.15, 0.2) is 0 Å². The normalized spacial score (nSPS) is 22.1. The smallest absolute Gasteiger partial charge is 0.276 e. The summed E-state index contributed by atoms with van der Waals surface area (Å²) in [4.78, 5) is 12.6. The second kappa shape index (κ2) is 8.09. The van der Waals surface area contributed by atoms with E-state index in [-0.39, 0.29) is 16.5 Å². The van der Waals surface area contributed by atoms with Crippen LogP contribution in [0.1, 0.15) is 36.8 Å². The summed E-state index contributed by atoms with van der Waals surface area (Å²) in [6.45, 7) is 0.427. The number of hydrogen-bond donors (Lipinski definition) is 1. The van der Waals surface area contributed by atoms with Crippen LogP contribution in [0.3, 0.4) is 0 Å². The third-order valence-electron chi connectivity index (χ3n) is 5.58. The summed E-state index contributed by atoms with van der Waals surface area (Å²) in [7, 11) is 1.51. The topological polar surface area (TPSA) is 67.9 Å². The maximum atomic E-state index is 14.6. The van der Waals surface area contributed by atoms with Crippen molar-refractivity contribution in [1.82, 2.24) is 5.01 Å². The van der Waals surface area contributed by atoms with Crippen molar-refractivity contribution in [3.8, 4) is 0 Å². The molecular weight excluding hydrogens is 408 g/mol. The molecule has 2 N–H and O–H groups in total. The minimum Gasteiger partial charge on any atom is -0.368 e. The van der Waals surface area contributed by atoms with Crippen LogP contribution in [0.2, 0.25) is 0 Å². The number of carbonyl (C=O) groups is 1. The molecule has 1 atom stereocenters. The highest BCUT2D eigenvalue weighted by molar-refractivity contribution is 8.15. The molecule has 1 aliphatic carbocycles. The Morgan fingerprint density at radius 1 is 1.23 bits per heavy atom. The Balaban J connectivity index is 1.85. The molecule has 1 fully saturated rings. The van der Waals surface area contributed by atoms with Crippen LogP contribution in [-0.2, 0) is 14.4 Å². The molecule has 8 heteroatoms. The Morgan fingerprint density at radius 2 is 1.97 bits per heavy atom. The standard InChI is InChI=1S/C22H23F2N3O2S/c1-29-21(11-12-21)20(28)27-22(10-5-13-25,15-6-3-2-4-7-15)30-19(26-27)17-14-16(23)8-9-18(17)24/h2-4,6-9,14H,5,10-13,25H2,1H3. The summed E-state index contributed by atoms with van der Waals surface area (Å²) in [6, 6.07) is 12.7. The zero-order chi connectivity index (χ0) is 21.4. The third kappa shape index (κ3) is 3.53. The van der Waals surface area contributed by atoms with Crippen molar-refractivity contribution in [3.63, 3.8) is 0 Å². The van der Waals surface area contributed by atoms with E-state index in [1.165, 1.54) is 23.9 Å². The van der Waals surface area contributed by atoms with Gasteiger partial charge in [-0.1, -0.05) is 42.1 Å². The van der Waals surface area contributed by atoms with Gasteiger partial charge in [0.2, 0.25) is 0 Å². The molecule has 0 aromatic heterocycles. The maximum absolute atomic E-state index is 14.6. The van der Waals surface area contributed by atoms with Crippen LogP contribution in [-0.4, -0.2) is 35.2 Å². The Kier molecular flexibility index (Phi) is 5.65. The number of halogens is 2. The first kappa shape index (κ1) is 21.0. The van der Waals surface area contributed by atoms with Crippen molar-refractivity contribution >= 4 is 22.7 Å². The summed E-state index contributed by atoms with van der Waals surface area (Å²) in [5.41, 5.74) is 5.76. The van der Waals surface area contributed by atoms with E-state index in [1.54, 1.807) is 0 Å². The number of amides is 1. The largest absolute Gasteiger partial charge is 0.368 e. The maximum Gasteiger partial charge on any atom is 0.276 e. The van der Waals surface area contributed by atoms with E-state index >= 15 is 0 Å². The Hall–Kier alpha value is -2.29. The number of hydrogen-bond acceptors (Lipinski definition) is 5. The van der Waals surface area contributed by atoms with Gasteiger partial charge in [0.05, 0.1) is 0 Å². The highest BCUT2D eigenvalue weighted by atomic mass is 32.2. The molecule has 0 bridgehead atoms. The molecule has 0 radical (unpaired) electrons. The molecule has 0 spiro atoms. The first-order chi connectivity index (χ1) is 14.5. The van der Waals surface area contributed by atoms with Gasteiger partial charge in [-0.3, -0.25) is 4.79 Å². The predicted octanol–water partition coefficient (Wildman–Crippen LogP) is 3.97. The van der Waals surface area contributed by atoms with Crippen molar-refractivity contribution < 1.29 is 18.3 Å². The number of benzene rings is 2. The van der Waals surface area contributed by atoms with Gasteiger partial charge < -0.3 is 10.5 Å². The lowest BCUT2D eigenvalue weighted by Gasteiger charge is -2.37. The van der Waals surface area contributed by atoms with Crippen molar-refractivity contribution in [1.29, 1.82) is 0 Å². The summed E-state index contributed by atoms with van der Waals surface area (Å²) >= 11 is 1.26. The van der Waals surface area contributed by atoms with E-state index in [1.807, 2.05) is 30.3 Å². The molecule has 1 saturated carbocycles. The fraction of sp³-hybridized carbons (Fsp3) is 0.364. The van der Waals surface area contributed by atoms with Crippen LogP contribution in [0, 0.1) is 11.6 Å². The molecule has 1 unspecified atom stereocenters. The Bertz CT molecular complexity index is 982. The number of hydrazone groups is 1. The van der Waals surface area contributed by atoms with Gasteiger partial charge in [0.1, 0.15) is 27.2 Å². The molecule has 158 valence electrons. The lowest BCUT2D eigenvalue weighted by atomic mass is 9.99. The summed E-state index contributed by atoms with van der Waals surface area (Å²) in [5.74, 6) is -1.43. The minimum atomic E-state index is -0.917. The molecular formula is C22H23F2N3O2S. The second-order valence-electron chi connectivity index (χ2n) is 7.49. The number of ether oxygens (including phenoxy) is 1. The van der Waals surface area contributed by atoms with Crippen molar-refractivity contribution in [2.45, 2.75) is 36.2 Å². The number of carbonyl (C=O) groups excluding carboxylic acids is 1. The predicted molar refractivity (Wildman–Crippen MR) is 113 cm³/mol. The quantitative estimate of drug-likeness (QED) is 0.720. The van der Waals surface area contributed by atoms with Gasteiger partial charge in [0, 0.05) is 12.7 Å². The molecule has 0 saturated heterocycles. The number of rotatable bonds is 7. The lowest BCUT2D eigenvalue weighted by molar-refractivity contribution is -0.148. The molecule has 1 amide bonds. The van der Waals surface area contributed by atoms with Gasteiger partial charge in [-0.15, -0.1) is 0 Å².